The van der Waals surface area contributed by atoms with E-state index in [1.54, 1.807) is 32.0 Å². The monoisotopic (exact) mass is 264 g/mol. The molecule has 102 valence electrons. The number of esters is 1. The van der Waals surface area contributed by atoms with Gasteiger partial charge < -0.3 is 14.8 Å². The van der Waals surface area contributed by atoms with Gasteiger partial charge in [-0.25, -0.2) is 9.59 Å². The van der Waals surface area contributed by atoms with E-state index in [0.29, 0.717) is 18.6 Å². The molecule has 2 N–H and O–H groups in total. The molecule has 19 heavy (non-hydrogen) atoms. The molecule has 1 amide bonds. The van der Waals surface area contributed by atoms with Crippen molar-refractivity contribution in [2.45, 2.75) is 20.4 Å². The Bertz CT molecular complexity index is 486. The molecule has 6 nitrogen and oxygen atoms in total. The number of carbonyl (C=O) groups is 2. The third-order valence-corrected chi connectivity index (χ3v) is 2.39. The quantitative estimate of drug-likeness (QED) is 0.483. The zero-order chi connectivity index (χ0) is 14.3. The molecule has 0 bridgehead atoms. The molecule has 0 aromatic heterocycles. The Balaban J connectivity index is 2.68. The minimum absolute atomic E-state index is 0.261. The lowest BCUT2D eigenvalue weighted by Crippen LogP contribution is -2.23. The van der Waals surface area contributed by atoms with Gasteiger partial charge in [0.2, 0.25) is 0 Å². The molecule has 0 fully saturated rings. The molecule has 0 saturated heterocycles. The van der Waals surface area contributed by atoms with Crippen molar-refractivity contribution in [3.8, 4) is 0 Å². The molecule has 0 radical (unpaired) electrons. The van der Waals surface area contributed by atoms with E-state index in [0.717, 1.165) is 11.1 Å². The summed E-state index contributed by atoms with van der Waals surface area (Å²) >= 11 is 0. The average molecular weight is 264 g/mol. The van der Waals surface area contributed by atoms with Crippen molar-refractivity contribution >= 4 is 18.5 Å². The Morgan fingerprint density at radius 2 is 2.16 bits per heavy atom. The molecular weight excluding hydrogens is 248 g/mol. The fraction of sp³-hybridized carbons (Fsp3) is 0.308. The van der Waals surface area contributed by atoms with Crippen LogP contribution in [0.25, 0.3) is 0 Å². The first-order chi connectivity index (χ1) is 9.08. The van der Waals surface area contributed by atoms with Crippen LogP contribution in [0.15, 0.2) is 18.2 Å². The van der Waals surface area contributed by atoms with Crippen molar-refractivity contribution in [3.63, 3.8) is 0 Å². The van der Waals surface area contributed by atoms with Gasteiger partial charge in [0.25, 0.3) is 0 Å². The van der Waals surface area contributed by atoms with Gasteiger partial charge in [0, 0.05) is 6.54 Å². The van der Waals surface area contributed by atoms with Gasteiger partial charge >= 0.3 is 12.1 Å². The van der Waals surface area contributed by atoms with Gasteiger partial charge in [0.05, 0.1) is 12.2 Å². The first-order valence-electron chi connectivity index (χ1n) is 5.78. The second-order valence-electron chi connectivity index (χ2n) is 3.75. The van der Waals surface area contributed by atoms with Crippen LogP contribution in [0.3, 0.4) is 0 Å². The molecule has 0 atom stereocenters. The number of amides is 1. The third kappa shape index (κ3) is 4.42. The Labute approximate surface area is 111 Å². The second-order valence-corrected chi connectivity index (χ2v) is 3.75. The number of nitrogens with one attached hydrogen (secondary N) is 2. The number of hydrogen-bond donors (Lipinski definition) is 2. The fourth-order valence-electron chi connectivity index (χ4n) is 1.54. The molecule has 0 aliphatic rings. The summed E-state index contributed by atoms with van der Waals surface area (Å²) in [4.78, 5) is 22.6. The zero-order valence-electron chi connectivity index (χ0n) is 10.9. The molecule has 0 heterocycles. The first kappa shape index (κ1) is 14.7. The van der Waals surface area contributed by atoms with Gasteiger partial charge in [-0.15, -0.1) is 0 Å². The predicted molar refractivity (Wildman–Crippen MR) is 69.2 cm³/mol. The van der Waals surface area contributed by atoms with Crippen LogP contribution in [0, 0.1) is 12.3 Å². The molecule has 0 unspecified atom stereocenters. The minimum atomic E-state index is -0.692. The SMILES string of the molecule is CCOC(=O)c1ccc(CNC(=O)OC=N)cc1C. The van der Waals surface area contributed by atoms with Crippen molar-refractivity contribution in [1.29, 1.82) is 5.41 Å². The summed E-state index contributed by atoms with van der Waals surface area (Å²) in [6.07, 6.45) is -0.133. The highest BCUT2D eigenvalue weighted by Crippen LogP contribution is 2.12. The smallest absolute Gasteiger partial charge is 0.413 e. The topological polar surface area (TPSA) is 88.5 Å². The number of carbonyl (C=O) groups excluding carboxylic acids is 2. The molecule has 6 heteroatoms. The van der Waals surface area contributed by atoms with Gasteiger partial charge in [-0.1, -0.05) is 12.1 Å². The van der Waals surface area contributed by atoms with E-state index in [-0.39, 0.29) is 12.5 Å². The zero-order valence-corrected chi connectivity index (χ0v) is 10.9. The molecule has 0 aliphatic carbocycles. The Morgan fingerprint density at radius 3 is 2.74 bits per heavy atom. The number of ether oxygens (including phenoxy) is 2. The van der Waals surface area contributed by atoms with Crippen molar-refractivity contribution in [2.75, 3.05) is 6.61 Å². The fourth-order valence-corrected chi connectivity index (χ4v) is 1.54. The number of hydrogen-bond acceptors (Lipinski definition) is 5. The summed E-state index contributed by atoms with van der Waals surface area (Å²) in [5.74, 6) is -0.359. The first-order valence-corrected chi connectivity index (χ1v) is 5.78. The summed E-state index contributed by atoms with van der Waals surface area (Å²) in [5.41, 5.74) is 2.11. The van der Waals surface area contributed by atoms with Crippen LogP contribution in [0.1, 0.15) is 28.4 Å². The van der Waals surface area contributed by atoms with Gasteiger partial charge in [-0.3, -0.25) is 5.41 Å². The highest BCUT2D eigenvalue weighted by Gasteiger charge is 2.10. The van der Waals surface area contributed by atoms with E-state index in [2.05, 4.69) is 10.1 Å². The lowest BCUT2D eigenvalue weighted by Gasteiger charge is -2.08. The normalized spacial score (nSPS) is 9.58. The van der Waals surface area contributed by atoms with Crippen molar-refractivity contribution in [1.82, 2.24) is 5.32 Å². The molecule has 0 spiro atoms. The van der Waals surface area contributed by atoms with E-state index in [4.69, 9.17) is 10.1 Å². The molecule has 1 rings (SSSR count). The maximum Gasteiger partial charge on any atom is 0.413 e. The Hall–Kier alpha value is -2.37. The van der Waals surface area contributed by atoms with Crippen LogP contribution in [0.5, 0.6) is 0 Å². The minimum Gasteiger partial charge on any atom is -0.462 e. The number of alkyl carbamates (subject to hydrolysis) is 1. The van der Waals surface area contributed by atoms with Gasteiger partial charge in [0.1, 0.15) is 0 Å². The van der Waals surface area contributed by atoms with Crippen molar-refractivity contribution in [3.05, 3.63) is 34.9 Å². The largest absolute Gasteiger partial charge is 0.462 e. The molecule has 1 aromatic rings. The lowest BCUT2D eigenvalue weighted by molar-refractivity contribution is 0.0525. The maximum atomic E-state index is 11.6. The van der Waals surface area contributed by atoms with Crippen LogP contribution < -0.4 is 5.32 Å². The molecule has 0 saturated carbocycles. The highest BCUT2D eigenvalue weighted by molar-refractivity contribution is 5.91. The summed E-state index contributed by atoms with van der Waals surface area (Å²) in [6.45, 7) is 4.14. The molecule has 1 aromatic carbocycles. The number of benzene rings is 1. The van der Waals surface area contributed by atoms with E-state index in [1.807, 2.05) is 0 Å². The van der Waals surface area contributed by atoms with Crippen LogP contribution >= 0.6 is 0 Å². The summed E-state index contributed by atoms with van der Waals surface area (Å²) in [6, 6.07) is 5.17. The van der Waals surface area contributed by atoms with E-state index >= 15 is 0 Å². The highest BCUT2D eigenvalue weighted by atomic mass is 16.5. The number of rotatable bonds is 5. The summed E-state index contributed by atoms with van der Waals surface area (Å²) in [5, 5.41) is 9.08. The molecular formula is C13H16N2O4. The van der Waals surface area contributed by atoms with Crippen LogP contribution in [0.4, 0.5) is 4.79 Å². The van der Waals surface area contributed by atoms with E-state index in [1.165, 1.54) is 0 Å². The van der Waals surface area contributed by atoms with Crippen molar-refractivity contribution < 1.29 is 19.1 Å². The molecule has 0 aliphatic heterocycles. The summed E-state index contributed by atoms with van der Waals surface area (Å²) < 4.78 is 9.23. The average Bonchev–Trinajstić information content (AvgIpc) is 2.37. The Morgan fingerprint density at radius 1 is 1.42 bits per heavy atom. The van der Waals surface area contributed by atoms with E-state index < -0.39 is 6.09 Å². The second kappa shape index (κ2) is 7.15. The Kier molecular flexibility index (Phi) is 5.53. The van der Waals surface area contributed by atoms with Gasteiger partial charge in [-0.05, 0) is 31.0 Å². The van der Waals surface area contributed by atoms with E-state index in [9.17, 15) is 9.59 Å². The van der Waals surface area contributed by atoms with Crippen LogP contribution in [-0.2, 0) is 16.0 Å². The van der Waals surface area contributed by atoms with Gasteiger partial charge in [-0.2, -0.15) is 0 Å². The van der Waals surface area contributed by atoms with Crippen molar-refractivity contribution in [2.24, 2.45) is 0 Å². The number of aryl methyl sites for hydroxylation is 1. The third-order valence-electron chi connectivity index (χ3n) is 2.39. The summed E-state index contributed by atoms with van der Waals surface area (Å²) in [7, 11) is 0. The predicted octanol–water partition coefficient (Wildman–Crippen LogP) is 2.00. The van der Waals surface area contributed by atoms with Gasteiger partial charge in [0.15, 0.2) is 6.40 Å². The van der Waals surface area contributed by atoms with Crippen LogP contribution in [-0.4, -0.2) is 25.1 Å². The maximum absolute atomic E-state index is 11.6. The standard InChI is InChI=1S/C13H16N2O4/c1-3-18-12(16)11-5-4-10(6-9(11)2)7-15-13(17)19-8-14/h4-6,8,14H,3,7H2,1-2H3,(H,15,17). The lowest BCUT2D eigenvalue weighted by atomic mass is 10.1. The van der Waals surface area contributed by atoms with Crippen LogP contribution in [0.2, 0.25) is 0 Å².